The summed E-state index contributed by atoms with van der Waals surface area (Å²) in [7, 11) is -0.457. The molecule has 7 rings (SSSR count). The standard InChI is InChI=1S/C38H37BO2.C2H6/c1-7-16-30-25(8-2)26-17-9-10-18-27(26)28-19-11-13-21-31(28)38(30)32-22-14-12-20-29(32)35-33(38)23-15-24-34(35)39-40-36(3,4)37(5,6)41-39;1-2/h7-9,11-17,19-24H,2,10,18H2,1,3-6H3;1-2H3/b16-7-;. The highest BCUT2D eigenvalue weighted by atomic mass is 16.7. The van der Waals surface area contributed by atoms with E-state index in [2.05, 4.69) is 138 Å². The lowest BCUT2D eigenvalue weighted by molar-refractivity contribution is 0.00578. The fourth-order valence-electron chi connectivity index (χ4n) is 7.47. The van der Waals surface area contributed by atoms with E-state index < -0.39 is 23.7 Å². The first-order valence-electron chi connectivity index (χ1n) is 15.8. The molecule has 43 heavy (non-hydrogen) atoms. The maximum Gasteiger partial charge on any atom is 0.495 e. The summed E-state index contributed by atoms with van der Waals surface area (Å²) < 4.78 is 13.3. The molecule has 218 valence electrons. The van der Waals surface area contributed by atoms with Gasteiger partial charge in [-0.25, -0.2) is 0 Å². The molecule has 1 spiro atoms. The highest BCUT2D eigenvalue weighted by Gasteiger charge is 2.55. The van der Waals surface area contributed by atoms with Crippen LogP contribution in [0.25, 0.3) is 16.7 Å². The lowest BCUT2D eigenvalue weighted by Gasteiger charge is -2.36. The number of hydrogen-bond acceptors (Lipinski definition) is 2. The van der Waals surface area contributed by atoms with Crippen LogP contribution in [0.3, 0.4) is 0 Å². The molecule has 2 nitrogen and oxygen atoms in total. The van der Waals surface area contributed by atoms with Crippen molar-refractivity contribution in [3.8, 4) is 11.1 Å². The average Bonchev–Trinajstić information content (AvgIpc) is 3.40. The van der Waals surface area contributed by atoms with E-state index in [1.54, 1.807) is 0 Å². The van der Waals surface area contributed by atoms with Crippen molar-refractivity contribution in [2.75, 3.05) is 0 Å². The van der Waals surface area contributed by atoms with Gasteiger partial charge in [0.2, 0.25) is 0 Å². The summed E-state index contributed by atoms with van der Waals surface area (Å²) in [4.78, 5) is 0. The van der Waals surface area contributed by atoms with E-state index >= 15 is 0 Å². The van der Waals surface area contributed by atoms with E-state index in [4.69, 9.17) is 9.31 Å². The third-order valence-electron chi connectivity index (χ3n) is 9.96. The Morgan fingerprint density at radius 3 is 2.05 bits per heavy atom. The van der Waals surface area contributed by atoms with Crippen molar-refractivity contribution in [2.45, 2.75) is 77.9 Å². The molecule has 0 N–H and O–H groups in total. The Balaban J connectivity index is 0.00000161. The Morgan fingerprint density at radius 2 is 1.40 bits per heavy atom. The number of allylic oxidation sites excluding steroid dienone is 9. The molecule has 0 amide bonds. The fraction of sp³-hybridized carbons (Fsp3) is 0.300. The van der Waals surface area contributed by atoms with Gasteiger partial charge in [-0.15, -0.1) is 0 Å². The summed E-state index contributed by atoms with van der Waals surface area (Å²) >= 11 is 0. The lowest BCUT2D eigenvalue weighted by Crippen LogP contribution is -2.41. The van der Waals surface area contributed by atoms with E-state index in [9.17, 15) is 0 Å². The Morgan fingerprint density at radius 1 is 0.791 bits per heavy atom. The molecule has 1 unspecified atom stereocenters. The minimum absolute atomic E-state index is 0.424. The predicted octanol–water partition coefficient (Wildman–Crippen LogP) is 9.50. The second kappa shape index (κ2) is 10.8. The van der Waals surface area contributed by atoms with Gasteiger partial charge < -0.3 is 9.31 Å². The largest absolute Gasteiger partial charge is 0.495 e. The summed E-state index contributed by atoms with van der Waals surface area (Å²) in [5.41, 5.74) is 12.6. The van der Waals surface area contributed by atoms with Crippen LogP contribution >= 0.6 is 0 Å². The van der Waals surface area contributed by atoms with Crippen molar-refractivity contribution in [1.29, 1.82) is 0 Å². The molecule has 0 aromatic heterocycles. The van der Waals surface area contributed by atoms with Gasteiger partial charge in [0.05, 0.1) is 16.6 Å². The lowest BCUT2D eigenvalue weighted by atomic mass is 9.64. The fourth-order valence-corrected chi connectivity index (χ4v) is 7.47. The molecule has 1 atom stereocenters. The molecule has 3 aliphatic carbocycles. The molecule has 1 heterocycles. The van der Waals surface area contributed by atoms with Gasteiger partial charge in [-0.2, -0.15) is 0 Å². The molecular weight excluding hydrogens is 523 g/mol. The molecule has 3 aromatic rings. The van der Waals surface area contributed by atoms with Crippen molar-refractivity contribution < 1.29 is 9.31 Å². The molecule has 0 radical (unpaired) electrons. The Bertz CT molecular complexity index is 1710. The van der Waals surface area contributed by atoms with Crippen LogP contribution in [-0.2, 0) is 14.7 Å². The van der Waals surface area contributed by atoms with E-state index in [0.717, 1.165) is 18.3 Å². The molecule has 1 fully saturated rings. The predicted molar refractivity (Wildman–Crippen MR) is 183 cm³/mol. The highest BCUT2D eigenvalue weighted by molar-refractivity contribution is 6.64. The number of fused-ring (bicyclic) bond motifs is 8. The van der Waals surface area contributed by atoms with Crippen LogP contribution in [0, 0.1) is 0 Å². The van der Waals surface area contributed by atoms with Gasteiger partial charge >= 0.3 is 7.12 Å². The smallest absolute Gasteiger partial charge is 0.399 e. The SMILES string of the molecule is C=CC1=C(/C=C\C)C2(c3ccccc3C3=C1C=CCC3)c1ccccc1-c1c(B3OC(C)(C)C(C)(C)O3)cccc12.CC. The minimum atomic E-state index is -0.524. The Labute approximate surface area is 258 Å². The van der Waals surface area contributed by atoms with Gasteiger partial charge in [0, 0.05) is 0 Å². The van der Waals surface area contributed by atoms with Crippen LogP contribution in [0.2, 0.25) is 0 Å². The van der Waals surface area contributed by atoms with Gasteiger partial charge in [0.1, 0.15) is 0 Å². The van der Waals surface area contributed by atoms with Crippen LogP contribution in [-0.4, -0.2) is 18.3 Å². The second-order valence-corrected chi connectivity index (χ2v) is 12.6. The number of hydrogen-bond donors (Lipinski definition) is 0. The Kier molecular flexibility index (Phi) is 7.39. The van der Waals surface area contributed by atoms with Crippen molar-refractivity contribution >= 4 is 18.2 Å². The first-order valence-corrected chi connectivity index (χ1v) is 15.8. The minimum Gasteiger partial charge on any atom is -0.399 e. The monoisotopic (exact) mass is 566 g/mol. The van der Waals surface area contributed by atoms with Crippen LogP contribution < -0.4 is 5.46 Å². The van der Waals surface area contributed by atoms with Gasteiger partial charge in [-0.05, 0) is 109 Å². The summed E-state index contributed by atoms with van der Waals surface area (Å²) in [6.45, 7) is 19.0. The Hall–Kier alpha value is -3.66. The normalized spacial score (nSPS) is 22.5. The third-order valence-corrected chi connectivity index (χ3v) is 9.96. The van der Waals surface area contributed by atoms with Gasteiger partial charge in [-0.1, -0.05) is 118 Å². The van der Waals surface area contributed by atoms with Crippen molar-refractivity contribution in [2.24, 2.45) is 0 Å². The second-order valence-electron chi connectivity index (χ2n) is 12.6. The first kappa shape index (κ1) is 29.4. The summed E-state index contributed by atoms with van der Waals surface area (Å²) in [6, 6.07) is 24.7. The van der Waals surface area contributed by atoms with E-state index in [0.29, 0.717) is 0 Å². The van der Waals surface area contributed by atoms with Crippen molar-refractivity contribution in [3.63, 3.8) is 0 Å². The molecule has 0 bridgehead atoms. The molecule has 3 aromatic carbocycles. The zero-order valence-corrected chi connectivity index (χ0v) is 26.8. The first-order chi connectivity index (χ1) is 20.8. The zero-order valence-electron chi connectivity index (χ0n) is 26.8. The van der Waals surface area contributed by atoms with E-state index in [1.165, 1.54) is 55.7 Å². The molecule has 1 saturated heterocycles. The van der Waals surface area contributed by atoms with Crippen LogP contribution in [0.5, 0.6) is 0 Å². The number of rotatable bonds is 3. The van der Waals surface area contributed by atoms with Crippen molar-refractivity contribution in [1.82, 2.24) is 0 Å². The third kappa shape index (κ3) is 4.09. The van der Waals surface area contributed by atoms with Gasteiger partial charge in [0.25, 0.3) is 0 Å². The topological polar surface area (TPSA) is 18.5 Å². The van der Waals surface area contributed by atoms with Gasteiger partial charge in [0.15, 0.2) is 0 Å². The van der Waals surface area contributed by atoms with Crippen LogP contribution in [0.4, 0.5) is 0 Å². The maximum atomic E-state index is 6.67. The van der Waals surface area contributed by atoms with Gasteiger partial charge in [-0.3, -0.25) is 0 Å². The molecule has 3 heteroatoms. The summed E-state index contributed by atoms with van der Waals surface area (Å²) in [5, 5.41) is 0. The quantitative estimate of drug-likeness (QED) is 0.294. The molecule has 0 saturated carbocycles. The highest BCUT2D eigenvalue weighted by Crippen LogP contribution is 2.60. The summed E-state index contributed by atoms with van der Waals surface area (Å²) in [6.07, 6.45) is 13.3. The van der Waals surface area contributed by atoms with Crippen LogP contribution in [0.15, 0.2) is 120 Å². The molecule has 1 aliphatic heterocycles. The number of benzene rings is 3. The maximum absolute atomic E-state index is 6.67. The average molecular weight is 567 g/mol. The van der Waals surface area contributed by atoms with E-state index in [1.807, 2.05) is 13.8 Å². The molecule has 4 aliphatic rings. The zero-order chi connectivity index (χ0) is 30.6. The van der Waals surface area contributed by atoms with E-state index in [-0.39, 0.29) is 0 Å². The van der Waals surface area contributed by atoms with Crippen LogP contribution in [0.1, 0.15) is 83.6 Å². The molecular formula is C40H43BO2. The van der Waals surface area contributed by atoms with Crippen molar-refractivity contribution in [3.05, 3.63) is 143 Å². The summed E-state index contributed by atoms with van der Waals surface area (Å²) in [5.74, 6) is 0.